The number of carbonyl (C=O) groups is 1. The number of unbranched alkanes of at least 4 members (excludes halogenated alkanes) is 1. The molecule has 0 saturated carbocycles. The maximum Gasteiger partial charge on any atom is 0.254 e. The average molecular weight is 353 g/mol. The lowest BCUT2D eigenvalue weighted by molar-refractivity contribution is 0.0949. The van der Waals surface area contributed by atoms with Crippen LogP contribution in [0.4, 0.5) is 4.39 Å². The van der Waals surface area contributed by atoms with Crippen LogP contribution in [-0.4, -0.2) is 22.0 Å². The molecule has 1 aromatic heterocycles. The molecule has 0 aliphatic rings. The molecule has 5 heteroatoms. The topological polar surface area (TPSA) is 46.9 Å². The van der Waals surface area contributed by atoms with Crippen LogP contribution < -0.4 is 5.32 Å². The van der Waals surface area contributed by atoms with Crippen LogP contribution >= 0.6 is 0 Å². The van der Waals surface area contributed by atoms with Crippen molar-refractivity contribution in [2.24, 2.45) is 0 Å². The molecular formula is C21H24FN3O. The summed E-state index contributed by atoms with van der Waals surface area (Å²) in [5.41, 5.74) is 2.25. The maximum atomic E-state index is 13.6. The Kier molecular flexibility index (Phi) is 6.00. The van der Waals surface area contributed by atoms with Gasteiger partial charge in [0.1, 0.15) is 11.6 Å². The number of nitrogens with one attached hydrogen (secondary N) is 1. The van der Waals surface area contributed by atoms with E-state index in [1.54, 1.807) is 12.1 Å². The van der Waals surface area contributed by atoms with Gasteiger partial charge in [-0.15, -0.1) is 0 Å². The standard InChI is InChI=1S/C21H24FN3O/c1-2-3-15-25-19-12-7-6-11-18(19)24-20(25)13-8-14-23-21(26)16-9-4-5-10-17(16)22/h4-7,9-12H,2-3,8,13-15H2,1H3,(H,23,26). The molecule has 0 saturated heterocycles. The van der Waals surface area contributed by atoms with Crippen LogP contribution in [0.15, 0.2) is 48.5 Å². The van der Waals surface area contributed by atoms with E-state index < -0.39 is 5.82 Å². The molecule has 0 aliphatic heterocycles. The summed E-state index contributed by atoms with van der Waals surface area (Å²) in [5, 5.41) is 2.79. The predicted molar refractivity (Wildman–Crippen MR) is 102 cm³/mol. The summed E-state index contributed by atoms with van der Waals surface area (Å²) in [5.74, 6) is 0.175. The minimum atomic E-state index is -0.494. The minimum Gasteiger partial charge on any atom is -0.352 e. The molecule has 2 aromatic carbocycles. The highest BCUT2D eigenvalue weighted by atomic mass is 19.1. The second-order valence-corrected chi connectivity index (χ2v) is 6.36. The SMILES string of the molecule is CCCCn1c(CCCNC(=O)c2ccccc2F)nc2ccccc21. The molecule has 0 aliphatic carbocycles. The summed E-state index contributed by atoms with van der Waals surface area (Å²) < 4.78 is 15.9. The highest BCUT2D eigenvalue weighted by Gasteiger charge is 2.12. The van der Waals surface area contributed by atoms with E-state index >= 15 is 0 Å². The lowest BCUT2D eigenvalue weighted by Crippen LogP contribution is -2.25. The number of aryl methyl sites for hydroxylation is 2. The van der Waals surface area contributed by atoms with Crippen molar-refractivity contribution >= 4 is 16.9 Å². The molecule has 1 heterocycles. The van der Waals surface area contributed by atoms with Crippen molar-refractivity contribution in [3.63, 3.8) is 0 Å². The van der Waals surface area contributed by atoms with E-state index in [-0.39, 0.29) is 11.5 Å². The third kappa shape index (κ3) is 4.10. The molecule has 26 heavy (non-hydrogen) atoms. The summed E-state index contributed by atoms with van der Waals surface area (Å²) in [6, 6.07) is 14.2. The number of imidazole rings is 1. The molecule has 0 bridgehead atoms. The quantitative estimate of drug-likeness (QED) is 0.613. The van der Waals surface area contributed by atoms with Gasteiger partial charge in [0.15, 0.2) is 0 Å². The number of halogens is 1. The molecule has 136 valence electrons. The van der Waals surface area contributed by atoms with Crippen LogP contribution in [0.3, 0.4) is 0 Å². The molecule has 0 unspecified atom stereocenters. The van der Waals surface area contributed by atoms with Crippen LogP contribution in [0.5, 0.6) is 0 Å². The van der Waals surface area contributed by atoms with E-state index in [0.717, 1.165) is 49.1 Å². The molecule has 3 rings (SSSR count). The summed E-state index contributed by atoms with van der Waals surface area (Å²) in [6.07, 6.45) is 3.77. The van der Waals surface area contributed by atoms with Gasteiger partial charge in [0, 0.05) is 19.5 Å². The van der Waals surface area contributed by atoms with Crippen molar-refractivity contribution in [2.45, 2.75) is 39.2 Å². The maximum absolute atomic E-state index is 13.6. The Balaban J connectivity index is 1.61. The minimum absolute atomic E-state index is 0.0858. The van der Waals surface area contributed by atoms with Crippen molar-refractivity contribution in [3.8, 4) is 0 Å². The third-order valence-electron chi connectivity index (χ3n) is 4.45. The highest BCUT2D eigenvalue weighted by Crippen LogP contribution is 2.18. The van der Waals surface area contributed by atoms with Gasteiger partial charge in [0.2, 0.25) is 0 Å². The molecule has 0 radical (unpaired) electrons. The first-order chi connectivity index (χ1) is 12.7. The van der Waals surface area contributed by atoms with Gasteiger partial charge in [-0.3, -0.25) is 4.79 Å². The first kappa shape index (κ1) is 18.1. The summed E-state index contributed by atoms with van der Waals surface area (Å²) in [7, 11) is 0. The summed E-state index contributed by atoms with van der Waals surface area (Å²) in [6.45, 7) is 3.62. The molecule has 0 fully saturated rings. The number of amides is 1. The normalized spacial score (nSPS) is 11.0. The Morgan fingerprint density at radius 2 is 1.88 bits per heavy atom. The summed E-state index contributed by atoms with van der Waals surface area (Å²) in [4.78, 5) is 16.8. The predicted octanol–water partition coefficient (Wildman–Crippen LogP) is 4.34. The Morgan fingerprint density at radius 1 is 1.12 bits per heavy atom. The Morgan fingerprint density at radius 3 is 2.69 bits per heavy atom. The van der Waals surface area contributed by atoms with E-state index in [2.05, 4.69) is 22.9 Å². The van der Waals surface area contributed by atoms with Crippen LogP contribution in [0, 0.1) is 5.82 Å². The third-order valence-corrected chi connectivity index (χ3v) is 4.45. The largest absolute Gasteiger partial charge is 0.352 e. The average Bonchev–Trinajstić information content (AvgIpc) is 3.01. The van der Waals surface area contributed by atoms with Crippen molar-refractivity contribution in [2.75, 3.05) is 6.54 Å². The van der Waals surface area contributed by atoms with Crippen LogP contribution in [-0.2, 0) is 13.0 Å². The number of carbonyl (C=O) groups excluding carboxylic acids is 1. The number of aromatic nitrogens is 2. The van der Waals surface area contributed by atoms with Gasteiger partial charge in [-0.05, 0) is 37.1 Å². The fourth-order valence-electron chi connectivity index (χ4n) is 3.07. The molecule has 1 N–H and O–H groups in total. The van der Waals surface area contributed by atoms with Gasteiger partial charge in [-0.2, -0.15) is 0 Å². The van der Waals surface area contributed by atoms with Gasteiger partial charge in [0.25, 0.3) is 5.91 Å². The van der Waals surface area contributed by atoms with E-state index in [1.165, 1.54) is 12.1 Å². The zero-order chi connectivity index (χ0) is 18.4. The van der Waals surface area contributed by atoms with E-state index in [9.17, 15) is 9.18 Å². The first-order valence-electron chi connectivity index (χ1n) is 9.17. The van der Waals surface area contributed by atoms with Gasteiger partial charge < -0.3 is 9.88 Å². The number of hydrogen-bond donors (Lipinski definition) is 1. The number of nitrogens with zero attached hydrogens (tertiary/aromatic N) is 2. The monoisotopic (exact) mass is 353 g/mol. The first-order valence-corrected chi connectivity index (χ1v) is 9.17. The zero-order valence-corrected chi connectivity index (χ0v) is 15.0. The Bertz CT molecular complexity index is 888. The Labute approximate surface area is 153 Å². The van der Waals surface area contributed by atoms with Crippen LogP contribution in [0.1, 0.15) is 42.4 Å². The van der Waals surface area contributed by atoms with E-state index in [4.69, 9.17) is 4.98 Å². The number of para-hydroxylation sites is 2. The van der Waals surface area contributed by atoms with Gasteiger partial charge in [0.05, 0.1) is 16.6 Å². The number of rotatable bonds is 8. The van der Waals surface area contributed by atoms with Crippen LogP contribution in [0.2, 0.25) is 0 Å². The molecule has 0 atom stereocenters. The zero-order valence-electron chi connectivity index (χ0n) is 15.0. The molecule has 1 amide bonds. The van der Waals surface area contributed by atoms with Crippen molar-refractivity contribution in [1.82, 2.24) is 14.9 Å². The Hall–Kier alpha value is -2.69. The lowest BCUT2D eigenvalue weighted by Gasteiger charge is -2.09. The fourth-order valence-corrected chi connectivity index (χ4v) is 3.07. The number of benzene rings is 2. The van der Waals surface area contributed by atoms with Gasteiger partial charge in [-0.1, -0.05) is 37.6 Å². The molecule has 0 spiro atoms. The van der Waals surface area contributed by atoms with E-state index in [0.29, 0.717) is 6.54 Å². The lowest BCUT2D eigenvalue weighted by atomic mass is 10.2. The molecular weight excluding hydrogens is 329 g/mol. The summed E-state index contributed by atoms with van der Waals surface area (Å²) >= 11 is 0. The number of fused-ring (bicyclic) bond motifs is 1. The second kappa shape index (κ2) is 8.61. The van der Waals surface area contributed by atoms with Crippen molar-refractivity contribution < 1.29 is 9.18 Å². The van der Waals surface area contributed by atoms with Crippen molar-refractivity contribution in [1.29, 1.82) is 0 Å². The second-order valence-electron chi connectivity index (χ2n) is 6.36. The van der Waals surface area contributed by atoms with E-state index in [1.807, 2.05) is 18.2 Å². The van der Waals surface area contributed by atoms with Gasteiger partial charge in [-0.25, -0.2) is 9.37 Å². The highest BCUT2D eigenvalue weighted by molar-refractivity contribution is 5.94. The number of hydrogen-bond acceptors (Lipinski definition) is 2. The van der Waals surface area contributed by atoms with Gasteiger partial charge >= 0.3 is 0 Å². The van der Waals surface area contributed by atoms with Crippen molar-refractivity contribution in [3.05, 3.63) is 65.7 Å². The molecule has 4 nitrogen and oxygen atoms in total. The van der Waals surface area contributed by atoms with Crippen LogP contribution in [0.25, 0.3) is 11.0 Å². The molecule has 3 aromatic rings. The smallest absolute Gasteiger partial charge is 0.254 e. The fraction of sp³-hybridized carbons (Fsp3) is 0.333.